The van der Waals surface area contributed by atoms with Gasteiger partial charge in [0.05, 0.1) is 18.1 Å². The average molecular weight is 697 g/mol. The van der Waals surface area contributed by atoms with Crippen molar-refractivity contribution in [3.63, 3.8) is 0 Å². The summed E-state index contributed by atoms with van der Waals surface area (Å²) in [7, 11) is 1.01. The molecule has 4 aliphatic rings. The molecule has 6 rings (SSSR count). The van der Waals surface area contributed by atoms with Crippen molar-refractivity contribution in [2.24, 2.45) is 17.8 Å². The van der Waals surface area contributed by atoms with Gasteiger partial charge in [-0.3, -0.25) is 14.4 Å². The molecule has 47 heavy (non-hydrogen) atoms. The lowest BCUT2D eigenvalue weighted by atomic mass is 9.84. The van der Waals surface area contributed by atoms with Gasteiger partial charge in [-0.25, -0.2) is 4.39 Å². The number of morpholine rings is 1. The van der Waals surface area contributed by atoms with Crippen LogP contribution in [0.4, 0.5) is 4.39 Å². The Hall–Kier alpha value is -2.54. The van der Waals surface area contributed by atoms with E-state index < -0.39 is 14.3 Å². The number of nitrogens with zero attached hydrogens (tertiary/aromatic N) is 3. The molecule has 4 atom stereocenters. The van der Waals surface area contributed by atoms with Gasteiger partial charge in [0.25, 0.3) is 5.91 Å². The molecule has 5 heterocycles. The van der Waals surface area contributed by atoms with Crippen molar-refractivity contribution in [2.75, 3.05) is 60.0 Å². The molecule has 0 bridgehead atoms. The SMILES string of the molecule is CC1CC2CCCN2C(=O)CC[C@@H]1C.CN1CCOCC1.CNC(=O)c1cc2cc(C(F)P(O)O)ccc2s1.O=CC1CN(C=O)C1. The second-order valence-corrected chi connectivity index (χ2v) is 14.8. The third kappa shape index (κ3) is 11.8. The molecule has 4 aliphatic heterocycles. The Morgan fingerprint density at radius 1 is 1.11 bits per heavy atom. The Kier molecular flexibility index (Phi) is 16.1. The maximum Gasteiger partial charge on any atom is 0.261 e. The Morgan fingerprint density at radius 3 is 2.38 bits per heavy atom. The molecule has 1 aromatic carbocycles. The van der Waals surface area contributed by atoms with Gasteiger partial charge in [0.1, 0.15) is 6.29 Å². The fourth-order valence-electron chi connectivity index (χ4n) is 5.80. The molecular formula is C33H50FN4O7PS. The second-order valence-electron chi connectivity index (χ2n) is 12.6. The van der Waals surface area contributed by atoms with Crippen molar-refractivity contribution >= 4 is 54.3 Å². The topological polar surface area (TPSA) is 140 Å². The van der Waals surface area contributed by atoms with Crippen LogP contribution < -0.4 is 5.32 Å². The number of nitrogens with one attached hydrogen (secondary N) is 1. The third-order valence-corrected chi connectivity index (χ3v) is 10.9. The van der Waals surface area contributed by atoms with Gasteiger partial charge in [0.15, 0.2) is 5.91 Å². The standard InChI is InChI=1S/C12H21NO.C11H11FNO3PS.C5H7NO2.C5H11NO/c1-9-5-6-12(14)13-7-3-4-11(13)8-10(9)2;1-13-11(14)9-5-7-4-6(10(12)17(15)16)2-3-8(7)18-9;7-3-5-1-6(2-5)4-8;1-6-2-4-7-5-3-6/h9-11H,3-8H2,1-2H3;2-5,10,15-16H,1H3,(H,13,14);3-5H,1-2H2;2-5H2,1H3/t9-,10?,11?;;;/m0.../s1. The summed E-state index contributed by atoms with van der Waals surface area (Å²) in [4.78, 5) is 67.3. The number of aldehydes is 1. The lowest BCUT2D eigenvalue weighted by Crippen LogP contribution is -2.46. The molecule has 3 unspecified atom stereocenters. The molecule has 0 radical (unpaired) electrons. The first-order valence-electron chi connectivity index (χ1n) is 16.2. The quantitative estimate of drug-likeness (QED) is 0.313. The number of carbonyl (C=O) groups is 4. The van der Waals surface area contributed by atoms with Crippen LogP contribution in [0.25, 0.3) is 10.1 Å². The number of likely N-dealkylation sites (N-methyl/N-ethyl adjacent to an activating group) is 1. The third-order valence-electron chi connectivity index (χ3n) is 9.11. The number of amides is 3. The Bertz CT molecular complexity index is 1290. The molecule has 3 N–H and O–H groups in total. The monoisotopic (exact) mass is 696 g/mol. The van der Waals surface area contributed by atoms with E-state index in [1.54, 1.807) is 24.1 Å². The number of halogens is 1. The fraction of sp³-hybridized carbons (Fsp3) is 0.636. The number of hydrogen-bond donors (Lipinski definition) is 3. The van der Waals surface area contributed by atoms with E-state index in [1.165, 1.54) is 42.7 Å². The average Bonchev–Trinajstić information content (AvgIpc) is 3.70. The lowest BCUT2D eigenvalue weighted by molar-refractivity contribution is -0.133. The molecule has 262 valence electrons. The summed E-state index contributed by atoms with van der Waals surface area (Å²) in [5, 5.41) is 3.24. The summed E-state index contributed by atoms with van der Waals surface area (Å²) in [6.45, 7) is 10.9. The van der Waals surface area contributed by atoms with Crippen LogP contribution in [0.2, 0.25) is 0 Å². The van der Waals surface area contributed by atoms with Gasteiger partial charge in [0.2, 0.25) is 20.7 Å². The van der Waals surface area contributed by atoms with E-state index in [0.29, 0.717) is 29.9 Å². The maximum absolute atomic E-state index is 13.5. The highest BCUT2D eigenvalue weighted by Gasteiger charge is 2.33. The van der Waals surface area contributed by atoms with Crippen LogP contribution in [0.3, 0.4) is 0 Å². The van der Waals surface area contributed by atoms with Gasteiger partial charge in [-0.2, -0.15) is 0 Å². The number of likely N-dealkylation sites (tertiary alicyclic amines) is 1. The van der Waals surface area contributed by atoms with Crippen LogP contribution in [-0.2, 0) is 19.1 Å². The molecule has 1 aromatic heterocycles. The number of hydrogen-bond acceptors (Lipinski definition) is 9. The first-order valence-corrected chi connectivity index (χ1v) is 18.4. The first kappa shape index (κ1) is 38.9. The van der Waals surface area contributed by atoms with Crippen LogP contribution in [0.15, 0.2) is 24.3 Å². The first-order chi connectivity index (χ1) is 22.5. The minimum atomic E-state index is -2.64. The van der Waals surface area contributed by atoms with Gasteiger partial charge in [-0.15, -0.1) is 11.3 Å². The van der Waals surface area contributed by atoms with E-state index in [4.69, 9.17) is 14.5 Å². The van der Waals surface area contributed by atoms with Gasteiger partial charge in [0, 0.05) is 62.9 Å². The molecule has 4 fully saturated rings. The maximum atomic E-state index is 13.5. The van der Waals surface area contributed by atoms with E-state index in [-0.39, 0.29) is 17.4 Å². The minimum Gasteiger partial charge on any atom is -0.379 e. The highest BCUT2D eigenvalue weighted by atomic mass is 32.1. The van der Waals surface area contributed by atoms with Crippen molar-refractivity contribution in [2.45, 2.75) is 57.9 Å². The second kappa shape index (κ2) is 19.5. The zero-order chi connectivity index (χ0) is 34.5. The van der Waals surface area contributed by atoms with Crippen molar-refractivity contribution in [1.29, 1.82) is 0 Å². The number of thiophene rings is 1. The summed E-state index contributed by atoms with van der Waals surface area (Å²) in [5.41, 5.74) is 0.208. The van der Waals surface area contributed by atoms with Gasteiger partial charge in [-0.05, 0) is 73.7 Å². The summed E-state index contributed by atoms with van der Waals surface area (Å²) in [6, 6.07) is 6.93. The fourth-order valence-corrected chi connectivity index (χ4v) is 7.22. The summed E-state index contributed by atoms with van der Waals surface area (Å²) in [6.07, 6.45) is 7.21. The molecule has 11 nitrogen and oxygen atoms in total. The number of carbonyl (C=O) groups excluding carboxylic acids is 4. The summed E-state index contributed by atoms with van der Waals surface area (Å²) >= 11 is 1.30. The molecule has 2 aromatic rings. The van der Waals surface area contributed by atoms with Gasteiger partial charge >= 0.3 is 0 Å². The molecule has 0 saturated carbocycles. The molecule has 0 spiro atoms. The van der Waals surface area contributed by atoms with Crippen LogP contribution in [0.5, 0.6) is 0 Å². The van der Waals surface area contributed by atoms with Gasteiger partial charge in [-0.1, -0.05) is 19.9 Å². The zero-order valence-electron chi connectivity index (χ0n) is 27.8. The Balaban J connectivity index is 0.000000183. The molecule has 4 saturated heterocycles. The van der Waals surface area contributed by atoms with Crippen LogP contribution in [0, 0.1) is 17.8 Å². The highest BCUT2D eigenvalue weighted by molar-refractivity contribution is 7.45. The number of benzene rings is 1. The zero-order valence-corrected chi connectivity index (χ0v) is 29.6. The minimum absolute atomic E-state index is 0.111. The molecule has 3 amide bonds. The van der Waals surface area contributed by atoms with Crippen LogP contribution in [-0.4, -0.2) is 115 Å². The number of fused-ring (bicyclic) bond motifs is 2. The summed E-state index contributed by atoms with van der Waals surface area (Å²) in [5.74, 6) is 0.0516. The van der Waals surface area contributed by atoms with Crippen LogP contribution in [0.1, 0.15) is 67.1 Å². The lowest BCUT2D eigenvalue weighted by Gasteiger charge is -2.32. The van der Waals surface area contributed by atoms with Crippen molar-refractivity contribution < 1.29 is 38.1 Å². The van der Waals surface area contributed by atoms with Crippen molar-refractivity contribution in [3.05, 3.63) is 34.7 Å². The molecule has 14 heteroatoms. The van der Waals surface area contributed by atoms with Crippen molar-refractivity contribution in [1.82, 2.24) is 20.0 Å². The predicted molar refractivity (Wildman–Crippen MR) is 183 cm³/mol. The van der Waals surface area contributed by atoms with E-state index >= 15 is 0 Å². The number of alkyl halides is 1. The molecular weight excluding hydrogens is 646 g/mol. The summed E-state index contributed by atoms with van der Waals surface area (Å²) < 4.78 is 19.4. The highest BCUT2D eigenvalue weighted by Crippen LogP contribution is 2.45. The predicted octanol–water partition coefficient (Wildman–Crippen LogP) is 4.18. The van der Waals surface area contributed by atoms with E-state index in [1.807, 2.05) is 0 Å². The van der Waals surface area contributed by atoms with E-state index in [2.05, 4.69) is 36.0 Å². The normalized spacial score (nSPS) is 23.7. The van der Waals surface area contributed by atoms with Crippen LogP contribution >= 0.6 is 19.7 Å². The van der Waals surface area contributed by atoms with E-state index in [0.717, 1.165) is 80.3 Å². The number of rotatable bonds is 5. The largest absolute Gasteiger partial charge is 0.379 e. The smallest absolute Gasteiger partial charge is 0.261 e. The Labute approximate surface area is 282 Å². The van der Waals surface area contributed by atoms with Gasteiger partial charge < -0.3 is 39.3 Å². The molecule has 0 aliphatic carbocycles. The number of ether oxygens (including phenoxy) is 1. The van der Waals surface area contributed by atoms with Crippen molar-refractivity contribution in [3.8, 4) is 0 Å². The van der Waals surface area contributed by atoms with E-state index in [9.17, 15) is 23.6 Å². The Morgan fingerprint density at radius 2 is 1.81 bits per heavy atom.